The van der Waals surface area contributed by atoms with Gasteiger partial charge in [-0.1, -0.05) is 12.1 Å². The van der Waals surface area contributed by atoms with Crippen LogP contribution in [0.1, 0.15) is 18.4 Å². The zero-order valence-electron chi connectivity index (χ0n) is 15.2. The van der Waals surface area contributed by atoms with Crippen LogP contribution in [0.4, 0.5) is 0 Å². The van der Waals surface area contributed by atoms with Crippen LogP contribution in [-0.2, 0) is 6.54 Å². The molecule has 0 bridgehead atoms. The predicted octanol–water partition coefficient (Wildman–Crippen LogP) is 1.79. The van der Waals surface area contributed by atoms with E-state index in [1.54, 1.807) is 7.11 Å². The third-order valence-electron chi connectivity index (χ3n) is 5.40. The van der Waals surface area contributed by atoms with Crippen LogP contribution >= 0.6 is 0 Å². The largest absolute Gasteiger partial charge is 0.496 e. The van der Waals surface area contributed by atoms with Gasteiger partial charge in [-0.2, -0.15) is 0 Å². The number of hydrogen-bond donors (Lipinski definition) is 1. The zero-order chi connectivity index (χ0) is 17.9. The van der Waals surface area contributed by atoms with E-state index in [1.807, 2.05) is 36.7 Å². The van der Waals surface area contributed by atoms with Crippen molar-refractivity contribution in [3.05, 3.63) is 42.2 Å². The lowest BCUT2D eigenvalue weighted by Gasteiger charge is -2.25. The fraction of sp³-hybridized carbons (Fsp3) is 0.500. The second kappa shape index (κ2) is 7.70. The Morgan fingerprint density at radius 1 is 1.12 bits per heavy atom. The molecule has 4 rings (SSSR count). The molecule has 26 heavy (non-hydrogen) atoms. The smallest absolute Gasteiger partial charge is 0.162 e. The van der Waals surface area contributed by atoms with Crippen LogP contribution in [0.5, 0.6) is 5.75 Å². The van der Waals surface area contributed by atoms with Gasteiger partial charge in [-0.15, -0.1) is 0 Å². The Morgan fingerprint density at radius 3 is 2.58 bits per heavy atom. The highest BCUT2D eigenvalue weighted by atomic mass is 16.5. The standard InChI is InChI=1S/C20H26N4O2/c1-26-19-7-3-2-6-16(19)20-21-10-15(11-22-20)12-23-13-17(18(25)14-23)24-8-4-5-9-24/h2-3,6-7,10-11,17-18,25H,4-5,8-9,12-14H2,1H3/t17-,18-/m0/s1. The van der Waals surface area contributed by atoms with Gasteiger partial charge in [-0.05, 0) is 38.1 Å². The first-order valence-electron chi connectivity index (χ1n) is 9.33. The number of likely N-dealkylation sites (tertiary alicyclic amines) is 2. The van der Waals surface area contributed by atoms with Gasteiger partial charge in [0, 0.05) is 43.6 Å². The van der Waals surface area contributed by atoms with Crippen LogP contribution in [0.2, 0.25) is 0 Å². The molecule has 0 saturated carbocycles. The first-order valence-corrected chi connectivity index (χ1v) is 9.33. The molecule has 1 aromatic heterocycles. The molecule has 6 nitrogen and oxygen atoms in total. The molecule has 2 aliphatic heterocycles. The van der Waals surface area contributed by atoms with Crippen molar-refractivity contribution < 1.29 is 9.84 Å². The monoisotopic (exact) mass is 354 g/mol. The Kier molecular flexibility index (Phi) is 5.15. The normalized spacial score (nSPS) is 24.2. The number of aliphatic hydroxyl groups excluding tert-OH is 1. The van der Waals surface area contributed by atoms with Gasteiger partial charge in [0.05, 0.1) is 18.8 Å². The lowest BCUT2D eigenvalue weighted by molar-refractivity contribution is 0.0978. The van der Waals surface area contributed by atoms with E-state index < -0.39 is 0 Å². The number of β-amino-alcohol motifs (C(OH)–C–C–N with tert-alkyl or cyclic N) is 1. The summed E-state index contributed by atoms with van der Waals surface area (Å²) in [6, 6.07) is 8.04. The molecule has 0 radical (unpaired) electrons. The summed E-state index contributed by atoms with van der Waals surface area (Å²) in [6.45, 7) is 4.64. The number of methoxy groups -OCH3 is 1. The summed E-state index contributed by atoms with van der Waals surface area (Å²) < 4.78 is 5.39. The number of nitrogens with zero attached hydrogens (tertiary/aromatic N) is 4. The molecule has 2 fully saturated rings. The van der Waals surface area contributed by atoms with Gasteiger partial charge in [0.15, 0.2) is 5.82 Å². The van der Waals surface area contributed by atoms with Crippen molar-refractivity contribution in [3.8, 4) is 17.1 Å². The maximum atomic E-state index is 10.4. The minimum Gasteiger partial charge on any atom is -0.496 e. The Hall–Kier alpha value is -2.02. The summed E-state index contributed by atoms with van der Waals surface area (Å²) in [5.74, 6) is 1.44. The van der Waals surface area contributed by atoms with Crippen molar-refractivity contribution in [1.29, 1.82) is 0 Å². The molecule has 6 heteroatoms. The van der Waals surface area contributed by atoms with Gasteiger partial charge in [0.2, 0.25) is 0 Å². The summed E-state index contributed by atoms with van der Waals surface area (Å²) in [5.41, 5.74) is 1.96. The van der Waals surface area contributed by atoms with Crippen molar-refractivity contribution in [2.24, 2.45) is 0 Å². The second-order valence-electron chi connectivity index (χ2n) is 7.19. The number of aromatic nitrogens is 2. The van der Waals surface area contributed by atoms with Crippen LogP contribution in [-0.4, -0.2) is 70.3 Å². The molecule has 0 spiro atoms. The van der Waals surface area contributed by atoms with E-state index in [0.29, 0.717) is 5.82 Å². The van der Waals surface area contributed by atoms with E-state index in [0.717, 1.165) is 49.6 Å². The second-order valence-corrected chi connectivity index (χ2v) is 7.19. The van der Waals surface area contributed by atoms with Crippen molar-refractivity contribution in [3.63, 3.8) is 0 Å². The Morgan fingerprint density at radius 2 is 1.85 bits per heavy atom. The van der Waals surface area contributed by atoms with Crippen molar-refractivity contribution in [2.75, 3.05) is 33.3 Å². The third-order valence-corrected chi connectivity index (χ3v) is 5.40. The molecule has 2 saturated heterocycles. The molecule has 0 unspecified atom stereocenters. The topological polar surface area (TPSA) is 61.7 Å². The number of hydrogen-bond acceptors (Lipinski definition) is 6. The first-order chi connectivity index (χ1) is 12.7. The van der Waals surface area contributed by atoms with E-state index in [2.05, 4.69) is 19.8 Å². The molecule has 0 amide bonds. The molecular weight excluding hydrogens is 328 g/mol. The number of benzene rings is 1. The van der Waals surface area contributed by atoms with Crippen molar-refractivity contribution >= 4 is 0 Å². The lowest BCUT2D eigenvalue weighted by atomic mass is 10.2. The number of para-hydroxylation sites is 1. The van der Waals surface area contributed by atoms with Crippen LogP contribution in [0.3, 0.4) is 0 Å². The molecule has 3 heterocycles. The molecule has 138 valence electrons. The maximum absolute atomic E-state index is 10.4. The Labute approximate surface area is 154 Å². The number of aliphatic hydroxyl groups is 1. The van der Waals surface area contributed by atoms with Crippen LogP contribution in [0.25, 0.3) is 11.4 Å². The van der Waals surface area contributed by atoms with E-state index >= 15 is 0 Å². The van der Waals surface area contributed by atoms with Gasteiger partial charge in [0.1, 0.15) is 5.75 Å². The molecule has 1 aromatic carbocycles. The minimum atomic E-state index is -0.262. The van der Waals surface area contributed by atoms with Gasteiger partial charge in [-0.3, -0.25) is 9.80 Å². The van der Waals surface area contributed by atoms with E-state index in [1.165, 1.54) is 12.8 Å². The summed E-state index contributed by atoms with van der Waals surface area (Å²) in [7, 11) is 1.66. The average Bonchev–Trinajstić information content (AvgIpc) is 3.32. The predicted molar refractivity (Wildman–Crippen MR) is 99.9 cm³/mol. The van der Waals surface area contributed by atoms with Crippen molar-refractivity contribution in [2.45, 2.75) is 31.5 Å². The van der Waals surface area contributed by atoms with Gasteiger partial charge in [0.25, 0.3) is 0 Å². The number of rotatable bonds is 5. The summed E-state index contributed by atoms with van der Waals surface area (Å²) in [6.07, 6.45) is 6.00. The molecule has 1 N–H and O–H groups in total. The fourth-order valence-electron chi connectivity index (χ4n) is 4.07. The van der Waals surface area contributed by atoms with E-state index in [-0.39, 0.29) is 12.1 Å². The molecular formula is C20H26N4O2. The highest BCUT2D eigenvalue weighted by Gasteiger charge is 2.36. The summed E-state index contributed by atoms with van der Waals surface area (Å²) >= 11 is 0. The van der Waals surface area contributed by atoms with Gasteiger partial charge in [-0.25, -0.2) is 9.97 Å². The van der Waals surface area contributed by atoms with Gasteiger partial charge >= 0.3 is 0 Å². The minimum absolute atomic E-state index is 0.262. The average molecular weight is 354 g/mol. The fourth-order valence-corrected chi connectivity index (χ4v) is 4.07. The van der Waals surface area contributed by atoms with Crippen LogP contribution < -0.4 is 4.74 Å². The molecule has 2 aromatic rings. The Balaban J connectivity index is 1.42. The van der Waals surface area contributed by atoms with E-state index in [9.17, 15) is 5.11 Å². The summed E-state index contributed by atoms with van der Waals surface area (Å²) in [5, 5.41) is 10.4. The first kappa shape index (κ1) is 17.4. The quantitative estimate of drug-likeness (QED) is 0.883. The van der Waals surface area contributed by atoms with E-state index in [4.69, 9.17) is 4.74 Å². The van der Waals surface area contributed by atoms with Crippen molar-refractivity contribution in [1.82, 2.24) is 19.8 Å². The SMILES string of the molecule is COc1ccccc1-c1ncc(CN2C[C@H](O)[C@@H](N3CCCC3)C2)cn1. The highest BCUT2D eigenvalue weighted by molar-refractivity contribution is 5.63. The van der Waals surface area contributed by atoms with Gasteiger partial charge < -0.3 is 9.84 Å². The van der Waals surface area contributed by atoms with Crippen LogP contribution in [0.15, 0.2) is 36.7 Å². The maximum Gasteiger partial charge on any atom is 0.162 e. The molecule has 2 atom stereocenters. The summed E-state index contributed by atoms with van der Waals surface area (Å²) in [4.78, 5) is 13.8. The number of ether oxygens (including phenoxy) is 1. The van der Waals surface area contributed by atoms with Crippen LogP contribution in [0, 0.1) is 0 Å². The molecule has 0 aliphatic carbocycles. The zero-order valence-corrected chi connectivity index (χ0v) is 15.2. The molecule has 2 aliphatic rings. The third kappa shape index (κ3) is 3.58. The Bertz CT molecular complexity index is 731. The highest BCUT2D eigenvalue weighted by Crippen LogP contribution is 2.27. The lowest BCUT2D eigenvalue weighted by Crippen LogP contribution is -2.41.